The lowest BCUT2D eigenvalue weighted by atomic mass is 9.81. The number of hydrogen-bond donors (Lipinski definition) is 0. The number of nitrogens with zero attached hydrogens (tertiary/aromatic N) is 2. The van der Waals surface area contributed by atoms with Crippen LogP contribution < -0.4 is 0 Å². The van der Waals surface area contributed by atoms with E-state index >= 15 is 0 Å². The van der Waals surface area contributed by atoms with Crippen molar-refractivity contribution in [3.63, 3.8) is 0 Å². The van der Waals surface area contributed by atoms with Gasteiger partial charge in [-0.2, -0.15) is 0 Å². The van der Waals surface area contributed by atoms with Crippen LogP contribution in [0.15, 0.2) is 18.2 Å². The lowest BCUT2D eigenvalue weighted by molar-refractivity contribution is -0.151. The highest BCUT2D eigenvalue weighted by molar-refractivity contribution is 5.84. The van der Waals surface area contributed by atoms with Crippen molar-refractivity contribution in [2.24, 2.45) is 7.05 Å². The SMILES string of the molecule is CCOC(=O)C(CC)(CC)c1nc2cc(F)ccc2n1C. The minimum absolute atomic E-state index is 0.270. The number of rotatable bonds is 5. The van der Waals surface area contributed by atoms with E-state index in [1.165, 1.54) is 12.1 Å². The molecule has 21 heavy (non-hydrogen) atoms. The van der Waals surface area contributed by atoms with Crippen molar-refractivity contribution in [3.05, 3.63) is 29.8 Å². The maximum atomic E-state index is 13.4. The van der Waals surface area contributed by atoms with Gasteiger partial charge in [0, 0.05) is 13.1 Å². The second-order valence-electron chi connectivity index (χ2n) is 5.14. The molecule has 5 heteroatoms. The zero-order valence-electron chi connectivity index (χ0n) is 12.9. The maximum Gasteiger partial charge on any atom is 0.319 e. The molecule has 0 bridgehead atoms. The topological polar surface area (TPSA) is 44.1 Å². The van der Waals surface area contributed by atoms with Crippen LogP contribution in [0.2, 0.25) is 0 Å². The second kappa shape index (κ2) is 5.84. The molecule has 1 aromatic heterocycles. The van der Waals surface area contributed by atoms with Gasteiger partial charge >= 0.3 is 5.97 Å². The molecule has 4 nitrogen and oxygen atoms in total. The van der Waals surface area contributed by atoms with E-state index in [-0.39, 0.29) is 11.8 Å². The van der Waals surface area contributed by atoms with E-state index in [2.05, 4.69) is 4.98 Å². The number of halogens is 1. The van der Waals surface area contributed by atoms with Gasteiger partial charge in [-0.05, 0) is 31.9 Å². The van der Waals surface area contributed by atoms with Gasteiger partial charge in [0.25, 0.3) is 0 Å². The minimum Gasteiger partial charge on any atom is -0.465 e. The quantitative estimate of drug-likeness (QED) is 0.794. The largest absolute Gasteiger partial charge is 0.465 e. The van der Waals surface area contributed by atoms with E-state index in [9.17, 15) is 9.18 Å². The monoisotopic (exact) mass is 292 g/mol. The molecule has 0 spiro atoms. The lowest BCUT2D eigenvalue weighted by Gasteiger charge is -2.28. The molecule has 0 aliphatic heterocycles. The van der Waals surface area contributed by atoms with Crippen LogP contribution in [0.1, 0.15) is 39.4 Å². The molecule has 2 rings (SSSR count). The normalized spacial score (nSPS) is 11.9. The van der Waals surface area contributed by atoms with Crippen LogP contribution in [0.25, 0.3) is 11.0 Å². The molecule has 0 amide bonds. The summed E-state index contributed by atoms with van der Waals surface area (Å²) in [4.78, 5) is 17.0. The summed E-state index contributed by atoms with van der Waals surface area (Å²) in [6, 6.07) is 4.47. The van der Waals surface area contributed by atoms with Crippen LogP contribution in [0.3, 0.4) is 0 Å². The Morgan fingerprint density at radius 1 is 1.33 bits per heavy atom. The van der Waals surface area contributed by atoms with E-state index in [1.54, 1.807) is 13.0 Å². The van der Waals surface area contributed by atoms with Crippen LogP contribution in [-0.2, 0) is 22.0 Å². The zero-order valence-corrected chi connectivity index (χ0v) is 12.9. The van der Waals surface area contributed by atoms with Gasteiger partial charge in [-0.3, -0.25) is 4.79 Å². The fourth-order valence-electron chi connectivity index (χ4n) is 2.82. The molecule has 0 aliphatic carbocycles. The molecule has 0 aliphatic rings. The average Bonchev–Trinajstić information content (AvgIpc) is 2.78. The van der Waals surface area contributed by atoms with Gasteiger partial charge in [-0.15, -0.1) is 0 Å². The zero-order chi connectivity index (χ0) is 15.6. The summed E-state index contributed by atoms with van der Waals surface area (Å²) in [5.41, 5.74) is 0.574. The first kappa shape index (κ1) is 15.5. The summed E-state index contributed by atoms with van der Waals surface area (Å²) in [5.74, 6) is 0.0299. The molecule has 0 atom stereocenters. The van der Waals surface area contributed by atoms with E-state index in [0.29, 0.717) is 30.8 Å². The molecule has 0 saturated heterocycles. The minimum atomic E-state index is -0.791. The molecule has 0 saturated carbocycles. The molecular weight excluding hydrogens is 271 g/mol. The van der Waals surface area contributed by atoms with Crippen molar-refractivity contribution >= 4 is 17.0 Å². The number of fused-ring (bicyclic) bond motifs is 1. The molecule has 0 N–H and O–H groups in total. The van der Waals surface area contributed by atoms with Gasteiger partial charge in [0.1, 0.15) is 17.1 Å². The number of esters is 1. The molecular formula is C16H21FN2O2. The molecule has 0 unspecified atom stereocenters. The van der Waals surface area contributed by atoms with Crippen molar-refractivity contribution < 1.29 is 13.9 Å². The van der Waals surface area contributed by atoms with E-state index in [0.717, 1.165) is 5.52 Å². The van der Waals surface area contributed by atoms with Crippen molar-refractivity contribution in [2.75, 3.05) is 6.61 Å². The maximum absolute atomic E-state index is 13.4. The van der Waals surface area contributed by atoms with Crippen molar-refractivity contribution in [2.45, 2.75) is 39.0 Å². The number of ether oxygens (including phenoxy) is 1. The number of aromatic nitrogens is 2. The Bertz CT molecular complexity index is 660. The number of benzene rings is 1. The van der Waals surface area contributed by atoms with Crippen LogP contribution in [0, 0.1) is 5.82 Å². The average molecular weight is 292 g/mol. The van der Waals surface area contributed by atoms with Crippen LogP contribution in [0.5, 0.6) is 0 Å². The number of hydrogen-bond acceptors (Lipinski definition) is 3. The van der Waals surface area contributed by atoms with E-state index < -0.39 is 5.41 Å². The lowest BCUT2D eigenvalue weighted by Crippen LogP contribution is -2.38. The van der Waals surface area contributed by atoms with Gasteiger partial charge in [0.05, 0.1) is 17.6 Å². The fourth-order valence-corrected chi connectivity index (χ4v) is 2.82. The Labute approximate surface area is 123 Å². The third-order valence-corrected chi connectivity index (χ3v) is 4.14. The summed E-state index contributed by atoms with van der Waals surface area (Å²) in [6.45, 7) is 6.01. The predicted octanol–water partition coefficient (Wildman–Crippen LogP) is 3.33. The Hall–Kier alpha value is -1.91. The molecule has 1 heterocycles. The van der Waals surface area contributed by atoms with Crippen LogP contribution in [0.4, 0.5) is 4.39 Å². The van der Waals surface area contributed by atoms with Crippen molar-refractivity contribution in [1.82, 2.24) is 9.55 Å². The van der Waals surface area contributed by atoms with E-state index in [1.807, 2.05) is 25.5 Å². The highest BCUT2D eigenvalue weighted by Gasteiger charge is 2.42. The van der Waals surface area contributed by atoms with Gasteiger partial charge in [-0.25, -0.2) is 9.37 Å². The van der Waals surface area contributed by atoms with E-state index in [4.69, 9.17) is 4.74 Å². The third-order valence-electron chi connectivity index (χ3n) is 4.14. The van der Waals surface area contributed by atoms with Gasteiger partial charge in [-0.1, -0.05) is 13.8 Å². The third kappa shape index (κ3) is 2.41. The Balaban J connectivity index is 2.65. The highest BCUT2D eigenvalue weighted by atomic mass is 19.1. The highest BCUT2D eigenvalue weighted by Crippen LogP contribution is 2.34. The Kier molecular flexibility index (Phi) is 4.30. The first-order chi connectivity index (χ1) is 10.00. The number of carbonyl (C=O) groups is 1. The number of carbonyl (C=O) groups excluding carboxylic acids is 1. The molecule has 114 valence electrons. The van der Waals surface area contributed by atoms with Crippen LogP contribution >= 0.6 is 0 Å². The van der Waals surface area contributed by atoms with Crippen molar-refractivity contribution in [3.8, 4) is 0 Å². The summed E-state index contributed by atoms with van der Waals surface area (Å²) in [5, 5.41) is 0. The summed E-state index contributed by atoms with van der Waals surface area (Å²) in [6.07, 6.45) is 1.17. The van der Waals surface area contributed by atoms with Gasteiger partial charge in [0.15, 0.2) is 0 Å². The van der Waals surface area contributed by atoms with Gasteiger partial charge < -0.3 is 9.30 Å². The molecule has 0 fully saturated rings. The predicted molar refractivity (Wildman–Crippen MR) is 79.6 cm³/mol. The standard InChI is InChI=1S/C16H21FN2O2/c1-5-16(6-2,15(20)21-7-3)14-18-12-10-11(17)8-9-13(12)19(14)4/h8-10H,5-7H2,1-4H3. The smallest absolute Gasteiger partial charge is 0.319 e. The number of imidazole rings is 1. The van der Waals surface area contributed by atoms with Crippen LogP contribution in [-0.4, -0.2) is 22.1 Å². The Morgan fingerprint density at radius 3 is 2.57 bits per heavy atom. The Morgan fingerprint density at radius 2 is 2.00 bits per heavy atom. The molecule has 2 aromatic rings. The first-order valence-corrected chi connectivity index (χ1v) is 7.29. The summed E-state index contributed by atoms with van der Waals surface area (Å²) in [7, 11) is 1.85. The fraction of sp³-hybridized carbons (Fsp3) is 0.500. The number of aryl methyl sites for hydroxylation is 1. The van der Waals surface area contributed by atoms with Crippen molar-refractivity contribution in [1.29, 1.82) is 0 Å². The van der Waals surface area contributed by atoms with Gasteiger partial charge in [0.2, 0.25) is 0 Å². The molecule has 0 radical (unpaired) electrons. The molecule has 1 aromatic carbocycles. The first-order valence-electron chi connectivity index (χ1n) is 7.29. The summed E-state index contributed by atoms with van der Waals surface area (Å²) >= 11 is 0. The second-order valence-corrected chi connectivity index (χ2v) is 5.14. The summed E-state index contributed by atoms with van der Waals surface area (Å²) < 4.78 is 20.5.